The molecule has 0 atom stereocenters. The van der Waals surface area contributed by atoms with E-state index in [0.717, 1.165) is 66.9 Å². The normalized spacial score (nSPS) is 14.4. The second kappa shape index (κ2) is 9.61. The zero-order valence-electron chi connectivity index (χ0n) is 19.4. The third kappa shape index (κ3) is 4.49. The van der Waals surface area contributed by atoms with E-state index in [-0.39, 0.29) is 5.82 Å². The minimum Gasteiger partial charge on any atom is -0.497 e. The summed E-state index contributed by atoms with van der Waals surface area (Å²) >= 11 is 0. The largest absolute Gasteiger partial charge is 0.497 e. The Hall–Kier alpha value is -3.78. The number of hydrogen-bond donors (Lipinski definition) is 0. The molecule has 7 nitrogen and oxygen atoms in total. The summed E-state index contributed by atoms with van der Waals surface area (Å²) in [6.45, 7) is 6.45. The van der Waals surface area contributed by atoms with Crippen LogP contribution in [0.15, 0.2) is 67.1 Å². The van der Waals surface area contributed by atoms with Crippen LogP contribution in [0.3, 0.4) is 0 Å². The fourth-order valence-corrected chi connectivity index (χ4v) is 4.31. The van der Waals surface area contributed by atoms with Crippen LogP contribution < -0.4 is 9.64 Å². The van der Waals surface area contributed by atoms with E-state index in [1.54, 1.807) is 31.6 Å². The molecule has 0 unspecified atom stereocenters. The molecular weight excluding hydrogens is 431 g/mol. The molecule has 174 valence electrons. The molecule has 4 aromatic rings. The number of benzene rings is 2. The first-order valence-corrected chi connectivity index (χ1v) is 11.3. The molecule has 2 aromatic heterocycles. The van der Waals surface area contributed by atoms with Crippen LogP contribution in [-0.4, -0.2) is 57.9 Å². The van der Waals surface area contributed by atoms with E-state index in [0.29, 0.717) is 0 Å². The third-order valence-corrected chi connectivity index (χ3v) is 6.29. The third-order valence-electron chi connectivity index (χ3n) is 6.29. The Morgan fingerprint density at radius 1 is 0.912 bits per heavy atom. The summed E-state index contributed by atoms with van der Waals surface area (Å²) in [6, 6.07) is 14.3. The number of anilines is 1. The van der Waals surface area contributed by atoms with Gasteiger partial charge in [-0.05, 0) is 55.5 Å². The number of rotatable bonds is 6. The molecule has 3 heterocycles. The van der Waals surface area contributed by atoms with Crippen molar-refractivity contribution in [3.8, 4) is 22.7 Å². The van der Waals surface area contributed by atoms with E-state index in [1.807, 2.05) is 35.1 Å². The van der Waals surface area contributed by atoms with E-state index < -0.39 is 0 Å². The van der Waals surface area contributed by atoms with Crippen molar-refractivity contribution in [2.45, 2.75) is 13.5 Å². The molecule has 8 heteroatoms. The van der Waals surface area contributed by atoms with Gasteiger partial charge in [-0.15, -0.1) is 0 Å². The molecule has 1 aliphatic heterocycles. The summed E-state index contributed by atoms with van der Waals surface area (Å²) in [6.07, 6.45) is 5.40. The lowest BCUT2D eigenvalue weighted by molar-refractivity contribution is 0.249. The van der Waals surface area contributed by atoms with Gasteiger partial charge in [0.15, 0.2) is 5.82 Å². The zero-order chi connectivity index (χ0) is 23.5. The quantitative estimate of drug-likeness (QED) is 0.434. The molecule has 1 aliphatic rings. The van der Waals surface area contributed by atoms with Gasteiger partial charge in [-0.1, -0.05) is 0 Å². The SMILES string of the molecule is COc1ccc(-c2nccnc2N2CCN(Cc3cnn(-c4ccc(F)cc4)c3C)CC2)cc1. The van der Waals surface area contributed by atoms with Crippen LogP contribution in [0.2, 0.25) is 0 Å². The summed E-state index contributed by atoms with van der Waals surface area (Å²) in [5.74, 6) is 1.48. The van der Waals surface area contributed by atoms with E-state index >= 15 is 0 Å². The van der Waals surface area contributed by atoms with Gasteiger partial charge < -0.3 is 9.64 Å². The first-order valence-electron chi connectivity index (χ1n) is 11.3. The van der Waals surface area contributed by atoms with Gasteiger partial charge in [0.2, 0.25) is 0 Å². The second-order valence-corrected chi connectivity index (χ2v) is 8.36. The maximum atomic E-state index is 13.3. The van der Waals surface area contributed by atoms with Crippen molar-refractivity contribution in [3.05, 3.63) is 84.2 Å². The first kappa shape index (κ1) is 22.0. The average molecular weight is 459 g/mol. The zero-order valence-corrected chi connectivity index (χ0v) is 19.4. The van der Waals surface area contributed by atoms with Crippen LogP contribution in [0, 0.1) is 12.7 Å². The minimum atomic E-state index is -0.245. The van der Waals surface area contributed by atoms with Gasteiger partial charge in [0.05, 0.1) is 19.0 Å². The highest BCUT2D eigenvalue weighted by atomic mass is 19.1. The lowest BCUT2D eigenvalue weighted by atomic mass is 10.1. The van der Waals surface area contributed by atoms with Gasteiger partial charge in [0.1, 0.15) is 17.3 Å². The van der Waals surface area contributed by atoms with Gasteiger partial charge in [0, 0.05) is 61.9 Å². The number of aromatic nitrogens is 4. The lowest BCUT2D eigenvalue weighted by Crippen LogP contribution is -2.46. The van der Waals surface area contributed by atoms with Gasteiger partial charge in [-0.2, -0.15) is 5.10 Å². The predicted molar refractivity (Wildman–Crippen MR) is 130 cm³/mol. The Kier molecular flexibility index (Phi) is 6.22. The highest BCUT2D eigenvalue weighted by molar-refractivity contribution is 5.72. The molecular formula is C26H27FN6O. The second-order valence-electron chi connectivity index (χ2n) is 8.36. The molecule has 0 bridgehead atoms. The Labute approximate surface area is 198 Å². The Bertz CT molecular complexity index is 1250. The van der Waals surface area contributed by atoms with Crippen LogP contribution in [0.25, 0.3) is 16.9 Å². The topological polar surface area (TPSA) is 59.3 Å². The smallest absolute Gasteiger partial charge is 0.155 e. The number of ether oxygens (including phenoxy) is 1. The highest BCUT2D eigenvalue weighted by Gasteiger charge is 2.22. The standard InChI is InChI=1S/C26H27FN6O/c1-19-21(17-30-33(19)23-7-5-22(27)6-8-23)18-31-13-15-32(16-14-31)26-25(28-11-12-29-26)20-3-9-24(34-2)10-4-20/h3-12,17H,13-16,18H2,1-2H3. The van der Waals surface area contributed by atoms with Crippen molar-refractivity contribution >= 4 is 5.82 Å². The van der Waals surface area contributed by atoms with E-state index in [9.17, 15) is 4.39 Å². The van der Waals surface area contributed by atoms with E-state index in [1.165, 1.54) is 17.7 Å². The molecule has 34 heavy (non-hydrogen) atoms. The van der Waals surface area contributed by atoms with Crippen molar-refractivity contribution in [1.82, 2.24) is 24.6 Å². The van der Waals surface area contributed by atoms with Crippen molar-refractivity contribution in [2.24, 2.45) is 0 Å². The molecule has 2 aromatic carbocycles. The van der Waals surface area contributed by atoms with Crippen molar-refractivity contribution in [1.29, 1.82) is 0 Å². The predicted octanol–water partition coefficient (Wildman–Crippen LogP) is 4.11. The summed E-state index contributed by atoms with van der Waals surface area (Å²) in [5.41, 5.74) is 5.02. The minimum absolute atomic E-state index is 0.245. The summed E-state index contributed by atoms with van der Waals surface area (Å²) in [5, 5.41) is 4.53. The van der Waals surface area contributed by atoms with Crippen LogP contribution in [0.4, 0.5) is 10.2 Å². The summed E-state index contributed by atoms with van der Waals surface area (Å²) in [4.78, 5) is 14.0. The number of methoxy groups -OCH3 is 1. The summed E-state index contributed by atoms with van der Waals surface area (Å²) in [7, 11) is 1.66. The molecule has 1 fully saturated rings. The summed E-state index contributed by atoms with van der Waals surface area (Å²) < 4.78 is 20.4. The number of halogens is 1. The molecule has 1 saturated heterocycles. The maximum Gasteiger partial charge on any atom is 0.155 e. The van der Waals surface area contributed by atoms with Crippen molar-refractivity contribution in [2.75, 3.05) is 38.2 Å². The Balaban J connectivity index is 1.26. The van der Waals surface area contributed by atoms with Gasteiger partial charge >= 0.3 is 0 Å². The van der Waals surface area contributed by atoms with Gasteiger partial charge in [0.25, 0.3) is 0 Å². The lowest BCUT2D eigenvalue weighted by Gasteiger charge is -2.35. The number of hydrogen-bond acceptors (Lipinski definition) is 6. The number of piperazine rings is 1. The Morgan fingerprint density at radius 2 is 1.62 bits per heavy atom. The monoisotopic (exact) mass is 458 g/mol. The Morgan fingerprint density at radius 3 is 2.32 bits per heavy atom. The fraction of sp³-hybridized carbons (Fsp3) is 0.269. The van der Waals surface area contributed by atoms with Crippen LogP contribution in [0.1, 0.15) is 11.3 Å². The van der Waals surface area contributed by atoms with Crippen molar-refractivity contribution < 1.29 is 9.13 Å². The maximum absolute atomic E-state index is 13.3. The molecule has 5 rings (SSSR count). The highest BCUT2D eigenvalue weighted by Crippen LogP contribution is 2.29. The molecule has 0 N–H and O–H groups in total. The molecule has 0 aliphatic carbocycles. The van der Waals surface area contributed by atoms with Crippen LogP contribution in [-0.2, 0) is 6.54 Å². The van der Waals surface area contributed by atoms with Gasteiger partial charge in [-0.3, -0.25) is 9.88 Å². The average Bonchev–Trinajstić information content (AvgIpc) is 3.25. The van der Waals surface area contributed by atoms with E-state index in [2.05, 4.69) is 31.8 Å². The van der Waals surface area contributed by atoms with Crippen molar-refractivity contribution in [3.63, 3.8) is 0 Å². The first-order chi connectivity index (χ1) is 16.6. The fourth-order valence-electron chi connectivity index (χ4n) is 4.31. The molecule has 0 spiro atoms. The van der Waals surface area contributed by atoms with Crippen LogP contribution >= 0.6 is 0 Å². The van der Waals surface area contributed by atoms with Gasteiger partial charge in [-0.25, -0.2) is 14.1 Å². The molecule has 0 saturated carbocycles. The van der Waals surface area contributed by atoms with Crippen LogP contribution in [0.5, 0.6) is 5.75 Å². The number of nitrogens with zero attached hydrogens (tertiary/aromatic N) is 6. The molecule has 0 radical (unpaired) electrons. The van der Waals surface area contributed by atoms with E-state index in [4.69, 9.17) is 4.74 Å². The molecule has 0 amide bonds.